The smallest absolute Gasteiger partial charge is 0.0499 e. The van der Waals surface area contributed by atoms with Crippen LogP contribution in [-0.4, -0.2) is 35.2 Å². The van der Waals surface area contributed by atoms with Crippen LogP contribution in [0.1, 0.15) is 44.2 Å². The molecule has 0 bridgehead atoms. The zero-order valence-electron chi connectivity index (χ0n) is 12.1. The van der Waals surface area contributed by atoms with Gasteiger partial charge in [-0.2, -0.15) is 0 Å². The lowest BCUT2D eigenvalue weighted by molar-refractivity contribution is 0.0613. The van der Waals surface area contributed by atoms with Gasteiger partial charge in [0, 0.05) is 35.7 Å². The van der Waals surface area contributed by atoms with Crippen molar-refractivity contribution in [2.45, 2.75) is 50.7 Å². The number of hydrogen-bond donors (Lipinski definition) is 2. The van der Waals surface area contributed by atoms with E-state index in [0.29, 0.717) is 6.04 Å². The first-order chi connectivity index (χ1) is 9.63. The lowest BCUT2D eigenvalue weighted by Crippen LogP contribution is -2.48. The first kappa shape index (κ1) is 16.0. The topological polar surface area (TPSA) is 49.5 Å². The van der Waals surface area contributed by atoms with Crippen molar-refractivity contribution in [1.82, 2.24) is 4.90 Å². The highest BCUT2D eigenvalue weighted by molar-refractivity contribution is 9.10. The summed E-state index contributed by atoms with van der Waals surface area (Å²) in [5, 5.41) is 9.15. The zero-order valence-corrected chi connectivity index (χ0v) is 13.7. The molecule has 112 valence electrons. The lowest BCUT2D eigenvalue weighted by Gasteiger charge is -2.44. The van der Waals surface area contributed by atoms with Crippen molar-refractivity contribution in [2.24, 2.45) is 5.73 Å². The maximum Gasteiger partial charge on any atom is 0.0499 e. The number of aliphatic hydroxyl groups excluding tert-OH is 1. The Morgan fingerprint density at radius 1 is 1.35 bits per heavy atom. The molecule has 1 saturated carbocycles. The molecule has 1 aromatic rings. The summed E-state index contributed by atoms with van der Waals surface area (Å²) in [6.45, 7) is 3.25. The number of hydrogen-bond acceptors (Lipinski definition) is 3. The van der Waals surface area contributed by atoms with Gasteiger partial charge >= 0.3 is 0 Å². The fourth-order valence-corrected chi connectivity index (χ4v) is 3.24. The quantitative estimate of drug-likeness (QED) is 0.801. The summed E-state index contributed by atoms with van der Waals surface area (Å²) in [6.07, 6.45) is 4.64. The van der Waals surface area contributed by atoms with E-state index < -0.39 is 0 Å². The molecular formula is C16H25BrN2O. The number of halogens is 1. The first-order valence-electron chi connectivity index (χ1n) is 7.51. The summed E-state index contributed by atoms with van der Waals surface area (Å²) in [6, 6.07) is 9.41. The van der Waals surface area contributed by atoms with Crippen molar-refractivity contribution in [3.63, 3.8) is 0 Å². The van der Waals surface area contributed by atoms with Crippen molar-refractivity contribution < 1.29 is 5.11 Å². The molecule has 1 aliphatic rings. The normalized spacial score (nSPS) is 18.9. The van der Waals surface area contributed by atoms with Gasteiger partial charge < -0.3 is 10.8 Å². The van der Waals surface area contributed by atoms with Gasteiger partial charge in [0.15, 0.2) is 0 Å². The number of nitrogens with zero attached hydrogens (tertiary/aromatic N) is 1. The van der Waals surface area contributed by atoms with Crippen molar-refractivity contribution >= 4 is 15.9 Å². The third-order valence-electron chi connectivity index (χ3n) is 4.18. The van der Waals surface area contributed by atoms with Crippen molar-refractivity contribution in [3.05, 3.63) is 34.3 Å². The van der Waals surface area contributed by atoms with Gasteiger partial charge in [-0.25, -0.2) is 0 Å². The van der Waals surface area contributed by atoms with Crippen LogP contribution in [0.5, 0.6) is 0 Å². The van der Waals surface area contributed by atoms with E-state index in [-0.39, 0.29) is 18.7 Å². The van der Waals surface area contributed by atoms with Crippen molar-refractivity contribution in [2.75, 3.05) is 13.2 Å². The second-order valence-electron chi connectivity index (χ2n) is 5.76. The minimum Gasteiger partial charge on any atom is -0.396 e. The van der Waals surface area contributed by atoms with Crippen LogP contribution in [0.25, 0.3) is 0 Å². The Labute approximate surface area is 130 Å². The van der Waals surface area contributed by atoms with E-state index in [1.165, 1.54) is 24.8 Å². The SMILES string of the molecule is CC(N)C(c1ccc(Br)cc1)N(CCCO)C1CCC1. The Morgan fingerprint density at radius 2 is 2.00 bits per heavy atom. The molecule has 0 spiro atoms. The second-order valence-corrected chi connectivity index (χ2v) is 6.67. The van der Waals surface area contributed by atoms with Gasteiger partial charge in [0.05, 0.1) is 0 Å². The standard InChI is InChI=1S/C16H25BrN2O/c1-12(18)16(13-6-8-14(17)9-7-13)19(10-3-11-20)15-4-2-5-15/h6-9,12,15-16,20H,2-5,10-11,18H2,1H3. The second kappa shape index (κ2) is 7.55. The molecule has 2 unspecified atom stereocenters. The summed E-state index contributed by atoms with van der Waals surface area (Å²) >= 11 is 3.49. The first-order valence-corrected chi connectivity index (χ1v) is 8.30. The number of benzene rings is 1. The molecule has 2 atom stereocenters. The Bertz CT molecular complexity index is 403. The molecule has 1 fully saturated rings. The molecule has 1 aromatic carbocycles. The van der Waals surface area contributed by atoms with Gasteiger partial charge in [-0.1, -0.05) is 34.5 Å². The summed E-state index contributed by atoms with van der Waals surface area (Å²) < 4.78 is 1.09. The van der Waals surface area contributed by atoms with E-state index in [4.69, 9.17) is 10.8 Å². The van der Waals surface area contributed by atoms with Crippen LogP contribution in [0.15, 0.2) is 28.7 Å². The Morgan fingerprint density at radius 3 is 2.45 bits per heavy atom. The average molecular weight is 341 g/mol. The molecular weight excluding hydrogens is 316 g/mol. The lowest BCUT2D eigenvalue weighted by atomic mass is 9.87. The van der Waals surface area contributed by atoms with Crippen LogP contribution in [0.2, 0.25) is 0 Å². The molecule has 20 heavy (non-hydrogen) atoms. The van der Waals surface area contributed by atoms with Crippen LogP contribution in [0.3, 0.4) is 0 Å². The Kier molecular flexibility index (Phi) is 6.02. The van der Waals surface area contributed by atoms with E-state index in [2.05, 4.69) is 52.0 Å². The van der Waals surface area contributed by atoms with E-state index in [0.717, 1.165) is 17.4 Å². The zero-order chi connectivity index (χ0) is 14.5. The molecule has 0 radical (unpaired) electrons. The molecule has 0 aliphatic heterocycles. The van der Waals surface area contributed by atoms with E-state index in [1.807, 2.05) is 0 Å². The van der Waals surface area contributed by atoms with Gasteiger partial charge in [0.2, 0.25) is 0 Å². The van der Waals surface area contributed by atoms with Crippen LogP contribution in [0.4, 0.5) is 0 Å². The highest BCUT2D eigenvalue weighted by Gasteiger charge is 2.32. The van der Waals surface area contributed by atoms with E-state index in [9.17, 15) is 0 Å². The summed E-state index contributed by atoms with van der Waals surface area (Å²) in [4.78, 5) is 2.51. The van der Waals surface area contributed by atoms with Crippen LogP contribution >= 0.6 is 15.9 Å². The molecule has 3 N–H and O–H groups in total. The highest BCUT2D eigenvalue weighted by Crippen LogP contribution is 2.34. The molecule has 0 amide bonds. The van der Waals surface area contributed by atoms with Crippen LogP contribution in [-0.2, 0) is 0 Å². The highest BCUT2D eigenvalue weighted by atomic mass is 79.9. The number of rotatable bonds is 7. The predicted octanol–water partition coefficient (Wildman–Crippen LogP) is 3.07. The molecule has 2 rings (SSSR count). The Balaban J connectivity index is 2.20. The molecule has 0 heterocycles. The fourth-order valence-electron chi connectivity index (χ4n) is 2.98. The van der Waals surface area contributed by atoms with Gasteiger partial charge in [0.25, 0.3) is 0 Å². The summed E-state index contributed by atoms with van der Waals surface area (Å²) in [5.74, 6) is 0. The van der Waals surface area contributed by atoms with Gasteiger partial charge in [0.1, 0.15) is 0 Å². The van der Waals surface area contributed by atoms with Crippen LogP contribution < -0.4 is 5.73 Å². The molecule has 3 nitrogen and oxygen atoms in total. The number of aliphatic hydroxyl groups is 1. The average Bonchev–Trinajstić information content (AvgIpc) is 2.35. The minimum atomic E-state index is 0.0791. The number of nitrogens with two attached hydrogens (primary N) is 1. The predicted molar refractivity (Wildman–Crippen MR) is 86.6 cm³/mol. The molecule has 1 aliphatic carbocycles. The fraction of sp³-hybridized carbons (Fsp3) is 0.625. The van der Waals surface area contributed by atoms with Gasteiger partial charge in [-0.3, -0.25) is 4.90 Å². The van der Waals surface area contributed by atoms with Crippen molar-refractivity contribution in [3.8, 4) is 0 Å². The van der Waals surface area contributed by atoms with Crippen LogP contribution in [0, 0.1) is 0 Å². The largest absolute Gasteiger partial charge is 0.396 e. The van der Waals surface area contributed by atoms with Gasteiger partial charge in [-0.05, 0) is 43.9 Å². The third kappa shape index (κ3) is 3.82. The minimum absolute atomic E-state index is 0.0791. The molecule has 0 saturated heterocycles. The maximum atomic E-state index is 9.15. The van der Waals surface area contributed by atoms with Gasteiger partial charge in [-0.15, -0.1) is 0 Å². The molecule has 4 heteroatoms. The maximum absolute atomic E-state index is 9.15. The van der Waals surface area contributed by atoms with Crippen molar-refractivity contribution in [1.29, 1.82) is 0 Å². The Hall–Kier alpha value is -0.420. The van der Waals surface area contributed by atoms with E-state index in [1.54, 1.807) is 0 Å². The summed E-state index contributed by atoms with van der Waals surface area (Å²) in [7, 11) is 0. The van der Waals surface area contributed by atoms with E-state index >= 15 is 0 Å². The monoisotopic (exact) mass is 340 g/mol. The summed E-state index contributed by atoms with van der Waals surface area (Å²) in [5.41, 5.74) is 7.55. The third-order valence-corrected chi connectivity index (χ3v) is 4.71. The molecule has 0 aromatic heterocycles.